The Morgan fingerprint density at radius 1 is 1.39 bits per heavy atom. The normalized spacial score (nSPS) is 11.3. The van der Waals surface area contributed by atoms with E-state index < -0.39 is 0 Å². The molecule has 0 saturated carbocycles. The predicted molar refractivity (Wildman–Crippen MR) is 78.7 cm³/mol. The Kier molecular flexibility index (Phi) is 3.73. The number of benzene rings is 1. The van der Waals surface area contributed by atoms with E-state index in [1.165, 1.54) is 11.3 Å². The standard InChI is InChI=1S/C14H14ClNOS/c1-9-11-8-10(15)4-5-13(11)18-14(9)12(17)6-7-16(2)3/h4-8H,1-3H3. The zero-order valence-corrected chi connectivity index (χ0v) is 12.1. The van der Waals surface area contributed by atoms with Crippen molar-refractivity contribution in [1.29, 1.82) is 0 Å². The lowest BCUT2D eigenvalue weighted by Gasteiger charge is -2.02. The third-order valence-electron chi connectivity index (χ3n) is 2.65. The van der Waals surface area contributed by atoms with Crippen LogP contribution in [0.4, 0.5) is 0 Å². The first-order valence-corrected chi connectivity index (χ1v) is 6.76. The number of hydrogen-bond donors (Lipinski definition) is 0. The second-order valence-corrected chi connectivity index (χ2v) is 5.83. The largest absolute Gasteiger partial charge is 0.383 e. The van der Waals surface area contributed by atoms with Gasteiger partial charge in [-0.2, -0.15) is 0 Å². The monoisotopic (exact) mass is 279 g/mol. The Morgan fingerprint density at radius 3 is 2.78 bits per heavy atom. The summed E-state index contributed by atoms with van der Waals surface area (Å²) >= 11 is 7.50. The molecule has 0 saturated heterocycles. The van der Waals surface area contributed by atoms with E-state index in [2.05, 4.69) is 0 Å². The van der Waals surface area contributed by atoms with E-state index >= 15 is 0 Å². The summed E-state index contributed by atoms with van der Waals surface area (Å²) in [6, 6.07) is 5.72. The van der Waals surface area contributed by atoms with Gasteiger partial charge in [-0.15, -0.1) is 11.3 Å². The number of halogens is 1. The van der Waals surface area contributed by atoms with Crippen molar-refractivity contribution >= 4 is 38.8 Å². The molecule has 4 heteroatoms. The summed E-state index contributed by atoms with van der Waals surface area (Å²) < 4.78 is 1.10. The quantitative estimate of drug-likeness (QED) is 0.622. The first kappa shape index (κ1) is 13.1. The number of fused-ring (bicyclic) bond motifs is 1. The number of allylic oxidation sites excluding steroid dienone is 1. The topological polar surface area (TPSA) is 20.3 Å². The molecule has 0 amide bonds. The molecule has 0 aliphatic rings. The molecule has 18 heavy (non-hydrogen) atoms. The second kappa shape index (κ2) is 5.12. The number of ketones is 1. The minimum absolute atomic E-state index is 0.0403. The smallest absolute Gasteiger partial charge is 0.197 e. The van der Waals surface area contributed by atoms with Gasteiger partial charge in [-0.25, -0.2) is 0 Å². The molecule has 0 fully saturated rings. The predicted octanol–water partition coefficient (Wildman–Crippen LogP) is 4.12. The van der Waals surface area contributed by atoms with Crippen LogP contribution < -0.4 is 0 Å². The van der Waals surface area contributed by atoms with E-state index in [9.17, 15) is 4.79 Å². The van der Waals surface area contributed by atoms with Gasteiger partial charge in [0.05, 0.1) is 4.88 Å². The van der Waals surface area contributed by atoms with Gasteiger partial charge in [-0.3, -0.25) is 4.79 Å². The number of hydrogen-bond acceptors (Lipinski definition) is 3. The fourth-order valence-electron chi connectivity index (χ4n) is 1.72. The summed E-state index contributed by atoms with van der Waals surface area (Å²) in [7, 11) is 3.78. The maximum Gasteiger partial charge on any atom is 0.197 e. The summed E-state index contributed by atoms with van der Waals surface area (Å²) in [5.74, 6) is 0.0403. The number of carbonyl (C=O) groups excluding carboxylic acids is 1. The molecule has 0 radical (unpaired) electrons. The van der Waals surface area contributed by atoms with Crippen LogP contribution in [0.3, 0.4) is 0 Å². The molecule has 1 aromatic heterocycles. The van der Waals surface area contributed by atoms with Crippen LogP contribution in [0, 0.1) is 6.92 Å². The van der Waals surface area contributed by atoms with E-state index in [4.69, 9.17) is 11.6 Å². The van der Waals surface area contributed by atoms with Crippen LogP contribution in [-0.2, 0) is 0 Å². The van der Waals surface area contributed by atoms with Crippen LogP contribution in [0.1, 0.15) is 15.2 Å². The van der Waals surface area contributed by atoms with E-state index in [1.807, 2.05) is 44.1 Å². The third-order valence-corrected chi connectivity index (χ3v) is 4.17. The number of carbonyl (C=O) groups is 1. The third kappa shape index (κ3) is 2.57. The molecule has 0 N–H and O–H groups in total. The van der Waals surface area contributed by atoms with Gasteiger partial charge < -0.3 is 4.90 Å². The van der Waals surface area contributed by atoms with Gasteiger partial charge in [0.2, 0.25) is 0 Å². The van der Waals surface area contributed by atoms with Gasteiger partial charge in [0, 0.05) is 36.1 Å². The van der Waals surface area contributed by atoms with Crippen molar-refractivity contribution in [3.63, 3.8) is 0 Å². The van der Waals surface area contributed by atoms with Crippen LogP contribution in [0.5, 0.6) is 0 Å². The van der Waals surface area contributed by atoms with Crippen molar-refractivity contribution in [2.75, 3.05) is 14.1 Å². The molecule has 2 aromatic rings. The fraction of sp³-hybridized carbons (Fsp3) is 0.214. The average Bonchev–Trinajstić information content (AvgIpc) is 2.64. The molecule has 2 nitrogen and oxygen atoms in total. The molecule has 0 unspecified atom stereocenters. The van der Waals surface area contributed by atoms with Crippen molar-refractivity contribution in [3.05, 3.63) is 45.9 Å². The first-order chi connectivity index (χ1) is 8.49. The Hall–Kier alpha value is -1.32. The van der Waals surface area contributed by atoms with Crippen molar-refractivity contribution in [1.82, 2.24) is 4.90 Å². The first-order valence-electron chi connectivity index (χ1n) is 5.56. The highest BCUT2D eigenvalue weighted by Crippen LogP contribution is 2.33. The SMILES string of the molecule is Cc1c(C(=O)C=CN(C)C)sc2ccc(Cl)cc12. The van der Waals surface area contributed by atoms with Crippen LogP contribution >= 0.6 is 22.9 Å². The summed E-state index contributed by atoms with van der Waals surface area (Å²) in [6.07, 6.45) is 3.36. The van der Waals surface area contributed by atoms with Crippen molar-refractivity contribution < 1.29 is 4.79 Å². The zero-order chi connectivity index (χ0) is 13.3. The average molecular weight is 280 g/mol. The molecule has 1 heterocycles. The number of thiophene rings is 1. The lowest BCUT2D eigenvalue weighted by Crippen LogP contribution is -2.02. The minimum Gasteiger partial charge on any atom is -0.383 e. The molecule has 0 atom stereocenters. The summed E-state index contributed by atoms with van der Waals surface area (Å²) in [4.78, 5) is 14.7. The Morgan fingerprint density at radius 2 is 2.11 bits per heavy atom. The molecule has 0 aliphatic carbocycles. The summed E-state index contributed by atoms with van der Waals surface area (Å²) in [5, 5.41) is 1.76. The van der Waals surface area contributed by atoms with Crippen molar-refractivity contribution in [3.8, 4) is 0 Å². The Bertz CT molecular complexity index is 628. The van der Waals surface area contributed by atoms with Gasteiger partial charge in [-0.05, 0) is 36.1 Å². The maximum atomic E-state index is 12.1. The molecule has 0 bridgehead atoms. The van der Waals surface area contributed by atoms with Crippen LogP contribution in [0.2, 0.25) is 5.02 Å². The lowest BCUT2D eigenvalue weighted by atomic mass is 10.1. The molecule has 0 aliphatic heterocycles. The molecular weight excluding hydrogens is 266 g/mol. The maximum absolute atomic E-state index is 12.1. The second-order valence-electron chi connectivity index (χ2n) is 4.34. The number of nitrogens with zero attached hydrogens (tertiary/aromatic N) is 1. The van der Waals surface area contributed by atoms with Crippen LogP contribution in [0.25, 0.3) is 10.1 Å². The molecule has 94 valence electrons. The van der Waals surface area contributed by atoms with Crippen molar-refractivity contribution in [2.45, 2.75) is 6.92 Å². The van der Waals surface area contributed by atoms with Gasteiger partial charge in [0.15, 0.2) is 5.78 Å². The minimum atomic E-state index is 0.0403. The highest BCUT2D eigenvalue weighted by molar-refractivity contribution is 7.21. The highest BCUT2D eigenvalue weighted by Gasteiger charge is 2.13. The summed E-state index contributed by atoms with van der Waals surface area (Å²) in [5.41, 5.74) is 1.01. The van der Waals surface area contributed by atoms with E-state index in [0.29, 0.717) is 5.02 Å². The van der Waals surface area contributed by atoms with Crippen molar-refractivity contribution in [2.24, 2.45) is 0 Å². The molecule has 1 aromatic carbocycles. The van der Waals surface area contributed by atoms with Gasteiger partial charge in [0.25, 0.3) is 0 Å². The fourth-order valence-corrected chi connectivity index (χ4v) is 3.00. The van der Waals surface area contributed by atoms with Crippen LogP contribution in [0.15, 0.2) is 30.5 Å². The van der Waals surface area contributed by atoms with Gasteiger partial charge >= 0.3 is 0 Å². The van der Waals surface area contributed by atoms with Gasteiger partial charge in [0.1, 0.15) is 0 Å². The number of aryl methyl sites for hydroxylation is 1. The summed E-state index contributed by atoms with van der Waals surface area (Å²) in [6.45, 7) is 1.96. The Labute approximate surface area is 115 Å². The highest BCUT2D eigenvalue weighted by atomic mass is 35.5. The van der Waals surface area contributed by atoms with Crippen LogP contribution in [-0.4, -0.2) is 24.8 Å². The van der Waals surface area contributed by atoms with E-state index in [1.54, 1.807) is 12.3 Å². The van der Waals surface area contributed by atoms with E-state index in [-0.39, 0.29) is 5.78 Å². The molecular formula is C14H14ClNOS. The Balaban J connectivity index is 2.46. The lowest BCUT2D eigenvalue weighted by molar-refractivity contribution is 0.104. The molecule has 2 rings (SSSR count). The molecule has 0 spiro atoms. The zero-order valence-electron chi connectivity index (χ0n) is 10.5. The van der Waals surface area contributed by atoms with E-state index in [0.717, 1.165) is 20.5 Å². The van der Waals surface area contributed by atoms with Gasteiger partial charge in [-0.1, -0.05) is 11.6 Å². The number of rotatable bonds is 3.